The zero-order valence-corrected chi connectivity index (χ0v) is 13.2. The average molecular weight is 297 g/mol. The minimum atomic E-state index is -0.244. The van der Waals surface area contributed by atoms with Crippen LogP contribution < -0.4 is 5.32 Å². The van der Waals surface area contributed by atoms with Gasteiger partial charge in [0.1, 0.15) is 0 Å². The van der Waals surface area contributed by atoms with Crippen molar-refractivity contribution in [3.05, 3.63) is 71.8 Å². The molecule has 0 saturated carbocycles. The summed E-state index contributed by atoms with van der Waals surface area (Å²) in [5.41, 5.74) is 2.29. The van der Waals surface area contributed by atoms with Gasteiger partial charge >= 0.3 is 5.97 Å². The van der Waals surface area contributed by atoms with Crippen molar-refractivity contribution in [1.29, 1.82) is 0 Å². The lowest BCUT2D eigenvalue weighted by Gasteiger charge is -2.24. The van der Waals surface area contributed by atoms with Gasteiger partial charge in [-0.25, -0.2) is 0 Å². The smallest absolute Gasteiger partial charge is 0.310 e. The maximum Gasteiger partial charge on any atom is 0.310 e. The highest BCUT2D eigenvalue weighted by Crippen LogP contribution is 2.23. The van der Waals surface area contributed by atoms with Crippen molar-refractivity contribution in [3.8, 4) is 0 Å². The fourth-order valence-electron chi connectivity index (χ4n) is 2.48. The third-order valence-electron chi connectivity index (χ3n) is 3.69. The van der Waals surface area contributed by atoms with Crippen LogP contribution in [0.15, 0.2) is 60.7 Å². The van der Waals surface area contributed by atoms with Crippen LogP contribution in [0.3, 0.4) is 0 Å². The van der Waals surface area contributed by atoms with Gasteiger partial charge in [-0.2, -0.15) is 0 Å². The van der Waals surface area contributed by atoms with Crippen LogP contribution in [0.1, 0.15) is 31.0 Å². The third kappa shape index (κ3) is 4.43. The van der Waals surface area contributed by atoms with Crippen LogP contribution in [0.2, 0.25) is 0 Å². The standard InChI is InChI=1S/C19H23NO2/c1-3-22-19(21)15(2)18(17-12-8-5-9-13-17)20-14-16-10-6-4-7-11-16/h4-13,15,18,20H,3,14H2,1-2H3/t15-,18+/m1/s1. The largest absolute Gasteiger partial charge is 0.466 e. The Bertz CT molecular complexity index is 569. The Morgan fingerprint density at radius 2 is 1.64 bits per heavy atom. The van der Waals surface area contributed by atoms with E-state index in [1.54, 1.807) is 0 Å². The fraction of sp³-hybridized carbons (Fsp3) is 0.316. The average Bonchev–Trinajstić information content (AvgIpc) is 2.57. The normalized spacial score (nSPS) is 13.4. The number of carbonyl (C=O) groups is 1. The van der Waals surface area contributed by atoms with Crippen molar-refractivity contribution in [3.63, 3.8) is 0 Å². The summed E-state index contributed by atoms with van der Waals surface area (Å²) < 4.78 is 5.18. The molecule has 116 valence electrons. The molecule has 0 bridgehead atoms. The van der Waals surface area contributed by atoms with Gasteiger partial charge in [0.05, 0.1) is 12.5 Å². The van der Waals surface area contributed by atoms with E-state index < -0.39 is 0 Å². The number of esters is 1. The minimum absolute atomic E-state index is 0.0690. The monoisotopic (exact) mass is 297 g/mol. The van der Waals surface area contributed by atoms with Gasteiger partial charge in [0.25, 0.3) is 0 Å². The van der Waals surface area contributed by atoms with Crippen molar-refractivity contribution in [2.75, 3.05) is 6.61 Å². The molecule has 0 heterocycles. The van der Waals surface area contributed by atoms with Gasteiger partial charge in [-0.15, -0.1) is 0 Å². The van der Waals surface area contributed by atoms with E-state index in [4.69, 9.17) is 4.74 Å². The molecule has 0 saturated heterocycles. The molecule has 22 heavy (non-hydrogen) atoms. The van der Waals surface area contributed by atoms with Crippen LogP contribution in [0.5, 0.6) is 0 Å². The summed E-state index contributed by atoms with van der Waals surface area (Å²) in [6.45, 7) is 4.86. The van der Waals surface area contributed by atoms with E-state index in [1.165, 1.54) is 5.56 Å². The molecule has 0 aliphatic rings. The molecule has 2 aromatic carbocycles. The zero-order valence-electron chi connectivity index (χ0n) is 13.2. The second-order valence-corrected chi connectivity index (χ2v) is 5.30. The molecule has 0 aliphatic heterocycles. The minimum Gasteiger partial charge on any atom is -0.466 e. The van der Waals surface area contributed by atoms with E-state index in [-0.39, 0.29) is 17.9 Å². The van der Waals surface area contributed by atoms with E-state index in [1.807, 2.05) is 62.4 Å². The number of hydrogen-bond donors (Lipinski definition) is 1. The molecule has 2 aromatic rings. The lowest BCUT2D eigenvalue weighted by atomic mass is 9.94. The predicted molar refractivity (Wildman–Crippen MR) is 88.3 cm³/mol. The summed E-state index contributed by atoms with van der Waals surface area (Å²) in [7, 11) is 0. The van der Waals surface area contributed by atoms with E-state index >= 15 is 0 Å². The molecule has 0 fully saturated rings. The van der Waals surface area contributed by atoms with E-state index in [9.17, 15) is 4.79 Å². The lowest BCUT2D eigenvalue weighted by Crippen LogP contribution is -2.32. The molecule has 0 amide bonds. The van der Waals surface area contributed by atoms with Crippen molar-refractivity contribution in [1.82, 2.24) is 5.32 Å². The zero-order chi connectivity index (χ0) is 15.8. The van der Waals surface area contributed by atoms with Crippen LogP contribution in [-0.4, -0.2) is 12.6 Å². The number of benzene rings is 2. The van der Waals surface area contributed by atoms with Crippen LogP contribution in [0.4, 0.5) is 0 Å². The third-order valence-corrected chi connectivity index (χ3v) is 3.69. The molecule has 0 radical (unpaired) electrons. The van der Waals surface area contributed by atoms with Crippen LogP contribution >= 0.6 is 0 Å². The quantitative estimate of drug-likeness (QED) is 0.792. The van der Waals surface area contributed by atoms with Crippen molar-refractivity contribution in [2.24, 2.45) is 5.92 Å². The number of ether oxygens (including phenoxy) is 1. The number of hydrogen-bond acceptors (Lipinski definition) is 3. The molecule has 0 unspecified atom stereocenters. The highest BCUT2D eigenvalue weighted by molar-refractivity contribution is 5.73. The van der Waals surface area contributed by atoms with Crippen molar-refractivity contribution in [2.45, 2.75) is 26.4 Å². The van der Waals surface area contributed by atoms with Crippen molar-refractivity contribution < 1.29 is 9.53 Å². The molecular formula is C19H23NO2. The number of rotatable bonds is 7. The van der Waals surface area contributed by atoms with Crippen LogP contribution in [-0.2, 0) is 16.1 Å². The summed E-state index contributed by atoms with van der Waals surface area (Å²) >= 11 is 0. The highest BCUT2D eigenvalue weighted by atomic mass is 16.5. The lowest BCUT2D eigenvalue weighted by molar-refractivity contribution is -0.148. The molecule has 3 heteroatoms. The van der Waals surface area contributed by atoms with Gasteiger partial charge in [-0.3, -0.25) is 4.79 Å². The first-order chi connectivity index (χ1) is 10.7. The Hall–Kier alpha value is -2.13. The van der Waals surface area contributed by atoms with Gasteiger partial charge in [-0.05, 0) is 18.1 Å². The summed E-state index contributed by atoms with van der Waals surface area (Å²) in [5.74, 6) is -0.414. The van der Waals surface area contributed by atoms with Crippen molar-refractivity contribution >= 4 is 5.97 Å². The Kier molecular flexibility index (Phi) is 6.16. The fourth-order valence-corrected chi connectivity index (χ4v) is 2.48. The summed E-state index contributed by atoms with van der Waals surface area (Å²) in [6.07, 6.45) is 0. The first kappa shape index (κ1) is 16.2. The highest BCUT2D eigenvalue weighted by Gasteiger charge is 2.26. The number of carbonyl (C=O) groups excluding carboxylic acids is 1. The summed E-state index contributed by atoms with van der Waals surface area (Å²) in [5, 5.41) is 3.49. The first-order valence-corrected chi connectivity index (χ1v) is 7.71. The SMILES string of the molecule is CCOC(=O)[C@H](C)[C@H](NCc1ccccc1)c1ccccc1. The van der Waals surface area contributed by atoms with E-state index in [0.717, 1.165) is 5.56 Å². The Morgan fingerprint density at radius 1 is 1.05 bits per heavy atom. The molecule has 2 rings (SSSR count). The molecule has 2 atom stereocenters. The van der Waals surface area contributed by atoms with Crippen LogP contribution in [0.25, 0.3) is 0 Å². The molecule has 0 spiro atoms. The molecule has 0 aromatic heterocycles. The topological polar surface area (TPSA) is 38.3 Å². The molecular weight excluding hydrogens is 274 g/mol. The molecule has 1 N–H and O–H groups in total. The van der Waals surface area contributed by atoms with E-state index in [2.05, 4.69) is 17.4 Å². The Labute approximate surface area is 132 Å². The molecule has 3 nitrogen and oxygen atoms in total. The second-order valence-electron chi connectivity index (χ2n) is 5.30. The number of nitrogens with one attached hydrogen (secondary N) is 1. The summed E-state index contributed by atoms with van der Waals surface area (Å²) in [4.78, 5) is 12.1. The van der Waals surface area contributed by atoms with E-state index in [0.29, 0.717) is 13.2 Å². The summed E-state index contributed by atoms with van der Waals surface area (Å²) in [6, 6.07) is 20.2. The maximum absolute atomic E-state index is 12.1. The maximum atomic E-state index is 12.1. The predicted octanol–water partition coefficient (Wildman–Crippen LogP) is 3.72. The van der Waals surface area contributed by atoms with Gasteiger partial charge in [0.2, 0.25) is 0 Å². The van der Waals surface area contributed by atoms with Gasteiger partial charge in [0.15, 0.2) is 0 Å². The van der Waals surface area contributed by atoms with Gasteiger partial charge in [-0.1, -0.05) is 67.6 Å². The Morgan fingerprint density at radius 3 is 2.23 bits per heavy atom. The second kappa shape index (κ2) is 8.35. The van der Waals surface area contributed by atoms with Gasteiger partial charge < -0.3 is 10.1 Å². The molecule has 0 aliphatic carbocycles. The van der Waals surface area contributed by atoms with Gasteiger partial charge in [0, 0.05) is 12.6 Å². The van der Waals surface area contributed by atoms with Crippen LogP contribution in [0, 0.1) is 5.92 Å². The first-order valence-electron chi connectivity index (χ1n) is 7.71. The Balaban J connectivity index is 2.13.